The van der Waals surface area contributed by atoms with Crippen molar-refractivity contribution in [3.05, 3.63) is 53.9 Å². The first-order valence-corrected chi connectivity index (χ1v) is 5.64. The highest BCUT2D eigenvalue weighted by molar-refractivity contribution is 5.91. The van der Waals surface area contributed by atoms with Crippen molar-refractivity contribution in [1.82, 2.24) is 4.98 Å². The van der Waals surface area contributed by atoms with E-state index >= 15 is 0 Å². The molecule has 0 unspecified atom stereocenters. The van der Waals surface area contributed by atoms with Crippen molar-refractivity contribution in [3.8, 4) is 11.5 Å². The van der Waals surface area contributed by atoms with E-state index in [1.165, 1.54) is 13.2 Å². The monoisotopic (exact) mass is 259 g/mol. The number of carboxylic acid groups (broad SMARTS) is 1. The lowest BCUT2D eigenvalue weighted by atomic mass is 10.2. The maximum Gasteiger partial charge on any atom is 0.339 e. The molecule has 1 heterocycles. The summed E-state index contributed by atoms with van der Waals surface area (Å²) in [6.07, 6.45) is 1.66. The number of hydrogen-bond acceptors (Lipinski definition) is 4. The molecule has 0 fully saturated rings. The van der Waals surface area contributed by atoms with Crippen LogP contribution < -0.4 is 9.47 Å². The molecule has 0 radical (unpaired) electrons. The van der Waals surface area contributed by atoms with Crippen molar-refractivity contribution >= 4 is 5.97 Å². The minimum Gasteiger partial charge on any atom is -0.497 e. The Hall–Kier alpha value is -2.56. The summed E-state index contributed by atoms with van der Waals surface area (Å²) in [6.45, 7) is 0.216. The molecule has 5 nitrogen and oxygen atoms in total. The molecular formula is C14H13NO4. The van der Waals surface area contributed by atoms with Gasteiger partial charge < -0.3 is 14.6 Å². The Morgan fingerprint density at radius 3 is 2.79 bits per heavy atom. The molecule has 19 heavy (non-hydrogen) atoms. The standard InChI is InChI=1S/C14H13NO4/c1-18-11-5-6-13(12(8-11)14(16)17)19-9-10-4-2-3-7-15-10/h2-8H,9H2,1H3,(H,16,17). The van der Waals surface area contributed by atoms with Gasteiger partial charge in [0.1, 0.15) is 23.7 Å². The first kappa shape index (κ1) is 12.9. The summed E-state index contributed by atoms with van der Waals surface area (Å²) in [5.41, 5.74) is 0.796. The van der Waals surface area contributed by atoms with Crippen molar-refractivity contribution in [2.24, 2.45) is 0 Å². The molecule has 1 aromatic carbocycles. The van der Waals surface area contributed by atoms with Gasteiger partial charge in [-0.1, -0.05) is 6.07 Å². The van der Waals surface area contributed by atoms with Crippen LogP contribution in [0.3, 0.4) is 0 Å². The molecule has 0 saturated carbocycles. The molecule has 0 spiro atoms. The molecule has 1 aromatic heterocycles. The number of nitrogens with zero attached hydrogens (tertiary/aromatic N) is 1. The van der Waals surface area contributed by atoms with Crippen molar-refractivity contribution in [2.45, 2.75) is 6.61 Å². The first-order chi connectivity index (χ1) is 9.20. The van der Waals surface area contributed by atoms with E-state index in [1.807, 2.05) is 12.1 Å². The molecule has 1 N–H and O–H groups in total. The zero-order valence-corrected chi connectivity index (χ0v) is 10.4. The highest BCUT2D eigenvalue weighted by Gasteiger charge is 2.13. The summed E-state index contributed by atoms with van der Waals surface area (Å²) in [4.78, 5) is 15.3. The Balaban J connectivity index is 2.18. The molecule has 0 saturated heterocycles. The molecule has 2 aromatic rings. The van der Waals surface area contributed by atoms with Crippen LogP contribution in [-0.4, -0.2) is 23.2 Å². The van der Waals surface area contributed by atoms with E-state index in [2.05, 4.69) is 4.98 Å². The molecule has 0 aliphatic carbocycles. The number of rotatable bonds is 5. The third kappa shape index (κ3) is 3.22. The first-order valence-electron chi connectivity index (χ1n) is 5.64. The third-order valence-corrected chi connectivity index (χ3v) is 2.52. The number of carboxylic acids is 1. The molecule has 0 atom stereocenters. The SMILES string of the molecule is COc1ccc(OCc2ccccn2)c(C(=O)O)c1. The second-order valence-electron chi connectivity index (χ2n) is 3.78. The van der Waals surface area contributed by atoms with Crippen LogP contribution in [-0.2, 0) is 6.61 Å². The number of methoxy groups -OCH3 is 1. The lowest BCUT2D eigenvalue weighted by Gasteiger charge is -2.10. The maximum atomic E-state index is 11.2. The summed E-state index contributed by atoms with van der Waals surface area (Å²) in [7, 11) is 1.48. The van der Waals surface area contributed by atoms with Gasteiger partial charge in [0, 0.05) is 6.20 Å². The summed E-state index contributed by atoms with van der Waals surface area (Å²) < 4.78 is 10.5. The van der Waals surface area contributed by atoms with E-state index in [1.54, 1.807) is 24.4 Å². The minimum absolute atomic E-state index is 0.0651. The van der Waals surface area contributed by atoms with Crippen molar-refractivity contribution < 1.29 is 19.4 Å². The number of benzene rings is 1. The summed E-state index contributed by atoms with van der Waals surface area (Å²) >= 11 is 0. The second kappa shape index (κ2) is 5.86. The third-order valence-electron chi connectivity index (χ3n) is 2.52. The maximum absolute atomic E-state index is 11.2. The van der Waals surface area contributed by atoms with Crippen molar-refractivity contribution in [2.75, 3.05) is 7.11 Å². The highest BCUT2D eigenvalue weighted by Crippen LogP contribution is 2.24. The van der Waals surface area contributed by atoms with E-state index in [4.69, 9.17) is 14.6 Å². The van der Waals surface area contributed by atoms with E-state index in [0.717, 1.165) is 5.69 Å². The van der Waals surface area contributed by atoms with Crippen molar-refractivity contribution in [1.29, 1.82) is 0 Å². The van der Waals surface area contributed by atoms with Gasteiger partial charge in [0.15, 0.2) is 0 Å². The van der Waals surface area contributed by atoms with Gasteiger partial charge >= 0.3 is 5.97 Å². The van der Waals surface area contributed by atoms with Gasteiger partial charge in [-0.25, -0.2) is 4.79 Å². The molecule has 0 aliphatic heterocycles. The molecule has 5 heteroatoms. The number of aromatic carboxylic acids is 1. The lowest BCUT2D eigenvalue weighted by molar-refractivity contribution is 0.0691. The Morgan fingerprint density at radius 2 is 2.16 bits per heavy atom. The van der Waals surface area contributed by atoms with Gasteiger partial charge in [-0.3, -0.25) is 4.98 Å². The van der Waals surface area contributed by atoms with Crippen LogP contribution in [0.4, 0.5) is 0 Å². The molecular weight excluding hydrogens is 246 g/mol. The van der Waals surface area contributed by atoms with Crippen LogP contribution in [0, 0.1) is 0 Å². The molecule has 0 bridgehead atoms. The number of ether oxygens (including phenoxy) is 2. The quantitative estimate of drug-likeness (QED) is 0.892. The molecule has 2 rings (SSSR count). The average molecular weight is 259 g/mol. The van der Waals surface area contributed by atoms with E-state index < -0.39 is 5.97 Å². The topological polar surface area (TPSA) is 68.7 Å². The predicted molar refractivity (Wildman–Crippen MR) is 68.5 cm³/mol. The van der Waals surface area contributed by atoms with Gasteiger partial charge in [-0.15, -0.1) is 0 Å². The Kier molecular flexibility index (Phi) is 3.97. The number of hydrogen-bond donors (Lipinski definition) is 1. The Labute approximate surface area is 110 Å². The number of carbonyl (C=O) groups is 1. The van der Waals surface area contributed by atoms with Gasteiger partial charge in [0.25, 0.3) is 0 Å². The van der Waals surface area contributed by atoms with E-state index in [-0.39, 0.29) is 12.2 Å². The number of aromatic nitrogens is 1. The zero-order chi connectivity index (χ0) is 13.7. The molecule has 98 valence electrons. The van der Waals surface area contributed by atoms with Crippen LogP contribution in [0.25, 0.3) is 0 Å². The fourth-order valence-electron chi connectivity index (χ4n) is 1.56. The predicted octanol–water partition coefficient (Wildman–Crippen LogP) is 2.37. The largest absolute Gasteiger partial charge is 0.497 e. The minimum atomic E-state index is -1.06. The normalized spacial score (nSPS) is 9.95. The number of pyridine rings is 1. The van der Waals surface area contributed by atoms with Crippen molar-refractivity contribution in [3.63, 3.8) is 0 Å². The van der Waals surface area contributed by atoms with Gasteiger partial charge in [-0.05, 0) is 30.3 Å². The van der Waals surface area contributed by atoms with E-state index in [0.29, 0.717) is 11.5 Å². The second-order valence-corrected chi connectivity index (χ2v) is 3.78. The Morgan fingerprint density at radius 1 is 1.32 bits per heavy atom. The lowest BCUT2D eigenvalue weighted by Crippen LogP contribution is -2.04. The average Bonchev–Trinajstić information content (AvgIpc) is 2.46. The van der Waals surface area contributed by atoms with Crippen LogP contribution >= 0.6 is 0 Å². The van der Waals surface area contributed by atoms with Crippen LogP contribution in [0.15, 0.2) is 42.6 Å². The molecule has 0 amide bonds. The fraction of sp³-hybridized carbons (Fsp3) is 0.143. The zero-order valence-electron chi connectivity index (χ0n) is 10.4. The van der Waals surface area contributed by atoms with Gasteiger partial charge in [0.2, 0.25) is 0 Å². The highest BCUT2D eigenvalue weighted by atomic mass is 16.5. The summed E-state index contributed by atoms with van der Waals surface area (Å²) in [5, 5.41) is 9.13. The fourth-order valence-corrected chi connectivity index (χ4v) is 1.56. The molecule has 0 aliphatic rings. The van der Waals surface area contributed by atoms with Crippen LogP contribution in [0.2, 0.25) is 0 Å². The van der Waals surface area contributed by atoms with Crippen LogP contribution in [0.1, 0.15) is 16.1 Å². The smallest absolute Gasteiger partial charge is 0.339 e. The van der Waals surface area contributed by atoms with Gasteiger partial charge in [-0.2, -0.15) is 0 Å². The Bertz CT molecular complexity index is 569. The summed E-state index contributed by atoms with van der Waals surface area (Å²) in [6, 6.07) is 10.1. The van der Waals surface area contributed by atoms with E-state index in [9.17, 15) is 4.79 Å². The van der Waals surface area contributed by atoms with Gasteiger partial charge in [0.05, 0.1) is 12.8 Å². The van der Waals surface area contributed by atoms with Crippen LogP contribution in [0.5, 0.6) is 11.5 Å². The summed E-state index contributed by atoms with van der Waals surface area (Å²) in [5.74, 6) is -0.295.